The third-order valence-corrected chi connectivity index (χ3v) is 3.87. The van der Waals surface area contributed by atoms with E-state index in [1.807, 2.05) is 36.4 Å². The Bertz CT molecular complexity index is 906. The van der Waals surface area contributed by atoms with Crippen molar-refractivity contribution in [2.24, 2.45) is 0 Å². The van der Waals surface area contributed by atoms with Crippen molar-refractivity contribution in [3.8, 4) is 5.75 Å². The first-order valence-electron chi connectivity index (χ1n) is 7.99. The van der Waals surface area contributed by atoms with E-state index in [2.05, 4.69) is 5.32 Å². The maximum atomic E-state index is 13.7. The van der Waals surface area contributed by atoms with Crippen molar-refractivity contribution in [1.82, 2.24) is 0 Å². The van der Waals surface area contributed by atoms with Crippen molar-refractivity contribution in [2.75, 3.05) is 5.32 Å². The van der Waals surface area contributed by atoms with Gasteiger partial charge in [0.25, 0.3) is 5.91 Å². The lowest BCUT2D eigenvalue weighted by Gasteiger charge is -2.18. The molecule has 1 amide bonds. The molecule has 3 rings (SSSR count). The number of halogens is 2. The van der Waals surface area contributed by atoms with Gasteiger partial charge >= 0.3 is 0 Å². The lowest BCUT2D eigenvalue weighted by molar-refractivity contribution is -0.122. The molecule has 0 fully saturated rings. The van der Waals surface area contributed by atoms with Gasteiger partial charge in [0.15, 0.2) is 6.10 Å². The van der Waals surface area contributed by atoms with Crippen LogP contribution in [0.2, 0.25) is 0 Å². The van der Waals surface area contributed by atoms with Crippen LogP contribution in [0.15, 0.2) is 60.7 Å². The largest absolute Gasteiger partial charge is 0.480 e. The van der Waals surface area contributed by atoms with Gasteiger partial charge in [0.2, 0.25) is 0 Å². The summed E-state index contributed by atoms with van der Waals surface area (Å²) in [5.41, 5.74) is -0.0774. The van der Waals surface area contributed by atoms with E-state index in [0.717, 1.165) is 22.9 Å². The monoisotopic (exact) mass is 341 g/mol. The number of carbonyl (C=O) groups is 1. The fraction of sp³-hybridized carbons (Fsp3) is 0.150. The molecule has 0 spiro atoms. The van der Waals surface area contributed by atoms with Gasteiger partial charge in [-0.25, -0.2) is 8.78 Å². The minimum Gasteiger partial charge on any atom is -0.480 e. The number of carbonyl (C=O) groups excluding carboxylic acids is 1. The summed E-state index contributed by atoms with van der Waals surface area (Å²) < 4.78 is 32.6. The van der Waals surface area contributed by atoms with Crippen LogP contribution in [0.1, 0.15) is 13.3 Å². The molecule has 0 unspecified atom stereocenters. The van der Waals surface area contributed by atoms with E-state index in [4.69, 9.17) is 4.74 Å². The van der Waals surface area contributed by atoms with Crippen LogP contribution in [0.3, 0.4) is 0 Å². The third kappa shape index (κ3) is 3.76. The number of amides is 1. The summed E-state index contributed by atoms with van der Waals surface area (Å²) in [7, 11) is 0. The first kappa shape index (κ1) is 16.9. The second-order valence-electron chi connectivity index (χ2n) is 5.61. The molecular weight excluding hydrogens is 324 g/mol. The number of hydrogen-bond acceptors (Lipinski definition) is 2. The topological polar surface area (TPSA) is 38.3 Å². The number of ether oxygens (including phenoxy) is 1. The Morgan fingerprint density at radius 3 is 2.60 bits per heavy atom. The normalized spacial score (nSPS) is 12.0. The quantitative estimate of drug-likeness (QED) is 0.716. The second kappa shape index (κ2) is 7.30. The van der Waals surface area contributed by atoms with Crippen molar-refractivity contribution in [1.29, 1.82) is 0 Å². The van der Waals surface area contributed by atoms with Gasteiger partial charge in [-0.05, 0) is 30.0 Å². The molecule has 3 nitrogen and oxygen atoms in total. The summed E-state index contributed by atoms with van der Waals surface area (Å²) >= 11 is 0. The molecule has 1 atom stereocenters. The van der Waals surface area contributed by atoms with Gasteiger partial charge in [-0.2, -0.15) is 0 Å². The summed E-state index contributed by atoms with van der Waals surface area (Å²) in [6.45, 7) is 1.80. The van der Waals surface area contributed by atoms with Crippen molar-refractivity contribution in [3.05, 3.63) is 72.3 Å². The van der Waals surface area contributed by atoms with Gasteiger partial charge in [0.1, 0.15) is 17.4 Å². The number of anilines is 1. The lowest BCUT2D eigenvalue weighted by atomic mass is 10.1. The highest BCUT2D eigenvalue weighted by Crippen LogP contribution is 2.27. The predicted octanol–water partition coefficient (Wildman–Crippen LogP) is 4.91. The Hall–Kier alpha value is -2.95. The van der Waals surface area contributed by atoms with E-state index in [1.54, 1.807) is 13.0 Å². The fourth-order valence-electron chi connectivity index (χ4n) is 2.58. The first-order chi connectivity index (χ1) is 12.1. The van der Waals surface area contributed by atoms with E-state index in [9.17, 15) is 13.6 Å². The van der Waals surface area contributed by atoms with Crippen molar-refractivity contribution >= 4 is 22.4 Å². The summed E-state index contributed by atoms with van der Waals surface area (Å²) in [6, 6.07) is 16.3. The van der Waals surface area contributed by atoms with Crippen LogP contribution >= 0.6 is 0 Å². The molecule has 3 aromatic carbocycles. The molecule has 25 heavy (non-hydrogen) atoms. The lowest BCUT2D eigenvalue weighted by Crippen LogP contribution is -2.32. The molecule has 5 heteroatoms. The predicted molar refractivity (Wildman–Crippen MR) is 93.6 cm³/mol. The highest BCUT2D eigenvalue weighted by atomic mass is 19.1. The standard InChI is InChI=1S/C20H17F2NO2/c1-2-18(20(24)23-17-11-10-14(21)12-16(17)22)25-19-9-5-7-13-6-3-4-8-15(13)19/h3-12,18H,2H2,1H3,(H,23,24)/t18-/m1/s1. The Kier molecular flexibility index (Phi) is 4.93. The zero-order valence-electron chi connectivity index (χ0n) is 13.6. The molecule has 0 radical (unpaired) electrons. The third-order valence-electron chi connectivity index (χ3n) is 3.87. The maximum absolute atomic E-state index is 13.7. The highest BCUT2D eigenvalue weighted by molar-refractivity contribution is 5.95. The molecular formula is C20H17F2NO2. The molecule has 128 valence electrons. The van der Waals surface area contributed by atoms with Gasteiger partial charge in [-0.1, -0.05) is 43.3 Å². The van der Waals surface area contributed by atoms with Crippen LogP contribution < -0.4 is 10.1 Å². The Morgan fingerprint density at radius 2 is 1.84 bits per heavy atom. The molecule has 0 aliphatic carbocycles. The van der Waals surface area contributed by atoms with Crippen LogP contribution in [-0.4, -0.2) is 12.0 Å². The van der Waals surface area contributed by atoms with E-state index < -0.39 is 23.6 Å². The number of benzene rings is 3. The van der Waals surface area contributed by atoms with Crippen molar-refractivity contribution in [2.45, 2.75) is 19.4 Å². The molecule has 3 aromatic rings. The average molecular weight is 341 g/mol. The second-order valence-corrected chi connectivity index (χ2v) is 5.61. The van der Waals surface area contributed by atoms with Gasteiger partial charge < -0.3 is 10.1 Å². The van der Waals surface area contributed by atoms with Crippen LogP contribution in [-0.2, 0) is 4.79 Å². The number of hydrogen-bond donors (Lipinski definition) is 1. The summed E-state index contributed by atoms with van der Waals surface area (Å²) in [6.07, 6.45) is -0.395. The summed E-state index contributed by atoms with van der Waals surface area (Å²) in [4.78, 5) is 12.4. The van der Waals surface area contributed by atoms with Crippen molar-refractivity contribution in [3.63, 3.8) is 0 Å². The molecule has 0 saturated heterocycles. The van der Waals surface area contributed by atoms with E-state index in [-0.39, 0.29) is 5.69 Å². The van der Waals surface area contributed by atoms with E-state index in [1.165, 1.54) is 6.07 Å². The van der Waals surface area contributed by atoms with Crippen LogP contribution in [0.4, 0.5) is 14.5 Å². The summed E-state index contributed by atoms with van der Waals surface area (Å²) in [5, 5.41) is 4.34. The SMILES string of the molecule is CC[C@@H](Oc1cccc2ccccc12)C(=O)Nc1ccc(F)cc1F. The molecule has 0 aliphatic heterocycles. The van der Waals surface area contributed by atoms with Gasteiger partial charge in [0.05, 0.1) is 5.69 Å². The number of fused-ring (bicyclic) bond motifs is 1. The Morgan fingerprint density at radius 1 is 1.08 bits per heavy atom. The zero-order valence-corrected chi connectivity index (χ0v) is 13.6. The zero-order chi connectivity index (χ0) is 17.8. The average Bonchev–Trinajstić information content (AvgIpc) is 2.62. The van der Waals surface area contributed by atoms with Crippen molar-refractivity contribution < 1.29 is 18.3 Å². The van der Waals surface area contributed by atoms with E-state index in [0.29, 0.717) is 12.2 Å². The van der Waals surface area contributed by atoms with Crippen LogP contribution in [0, 0.1) is 11.6 Å². The number of rotatable bonds is 5. The minimum absolute atomic E-state index is 0.0774. The minimum atomic E-state index is -0.826. The first-order valence-corrected chi connectivity index (χ1v) is 7.99. The molecule has 1 N–H and O–H groups in total. The number of nitrogens with one attached hydrogen (secondary N) is 1. The van der Waals surface area contributed by atoms with Gasteiger partial charge in [0, 0.05) is 11.5 Å². The molecule has 0 bridgehead atoms. The molecule has 0 aliphatic rings. The fourth-order valence-corrected chi connectivity index (χ4v) is 2.58. The highest BCUT2D eigenvalue weighted by Gasteiger charge is 2.20. The Labute approximate surface area is 144 Å². The summed E-state index contributed by atoms with van der Waals surface area (Å²) in [5.74, 6) is -1.43. The van der Waals surface area contributed by atoms with Gasteiger partial charge in [-0.3, -0.25) is 4.79 Å². The van der Waals surface area contributed by atoms with Gasteiger partial charge in [-0.15, -0.1) is 0 Å². The Balaban J connectivity index is 1.80. The van der Waals surface area contributed by atoms with E-state index >= 15 is 0 Å². The molecule has 0 aromatic heterocycles. The van der Waals surface area contributed by atoms with Crippen LogP contribution in [0.25, 0.3) is 10.8 Å². The molecule has 0 heterocycles. The maximum Gasteiger partial charge on any atom is 0.265 e. The molecule has 0 saturated carbocycles. The van der Waals surface area contributed by atoms with Crippen LogP contribution in [0.5, 0.6) is 5.75 Å². The smallest absolute Gasteiger partial charge is 0.265 e.